The molecule has 0 aliphatic carbocycles. The van der Waals surface area contributed by atoms with Crippen LogP contribution in [0.1, 0.15) is 15.9 Å². The zero-order valence-electron chi connectivity index (χ0n) is 12.3. The van der Waals surface area contributed by atoms with Gasteiger partial charge in [0.2, 0.25) is 5.88 Å². The van der Waals surface area contributed by atoms with Gasteiger partial charge in [-0.2, -0.15) is 5.10 Å². The lowest BCUT2D eigenvalue weighted by Crippen LogP contribution is -2.21. The van der Waals surface area contributed by atoms with E-state index in [0.29, 0.717) is 0 Å². The maximum Gasteiger partial charge on any atom is 0.272 e. The van der Waals surface area contributed by atoms with Crippen LogP contribution in [0.25, 0.3) is 0 Å². The summed E-state index contributed by atoms with van der Waals surface area (Å²) >= 11 is 10.9. The van der Waals surface area contributed by atoms with Crippen molar-refractivity contribution in [2.75, 3.05) is 0 Å². The van der Waals surface area contributed by atoms with Crippen LogP contribution >= 0.6 is 23.8 Å². The number of aromatic hydroxyl groups is 1. The first kappa shape index (κ1) is 17.6. The number of nitrogens with zero attached hydrogens (tertiary/aromatic N) is 2. The molecule has 7 nitrogen and oxygen atoms in total. The molecular weight excluding hydrogens is 352 g/mol. The second-order valence-electron chi connectivity index (χ2n) is 4.57. The van der Waals surface area contributed by atoms with E-state index in [9.17, 15) is 14.7 Å². The van der Waals surface area contributed by atoms with Crippen molar-refractivity contribution in [3.8, 4) is 5.88 Å². The highest BCUT2D eigenvalue weighted by molar-refractivity contribution is 7.71. The van der Waals surface area contributed by atoms with Crippen LogP contribution in [0.2, 0.25) is 5.02 Å². The Bertz CT molecular complexity index is 933. The van der Waals surface area contributed by atoms with E-state index in [1.807, 2.05) is 0 Å². The van der Waals surface area contributed by atoms with Gasteiger partial charge in [-0.1, -0.05) is 29.8 Å². The molecule has 2 rings (SSSR count). The molecular formula is C15H13ClN4O3S. The maximum absolute atomic E-state index is 12.0. The molecule has 2 aromatic rings. The van der Waals surface area contributed by atoms with Crippen molar-refractivity contribution >= 4 is 35.9 Å². The number of hydrogen-bond donors (Lipinski definition) is 3. The van der Waals surface area contributed by atoms with Crippen molar-refractivity contribution in [2.45, 2.75) is 6.54 Å². The summed E-state index contributed by atoms with van der Waals surface area (Å²) in [6, 6.07) is 6.44. The molecule has 0 atom stereocenters. The van der Waals surface area contributed by atoms with E-state index in [1.165, 1.54) is 16.7 Å². The molecule has 1 heterocycles. The van der Waals surface area contributed by atoms with Crippen LogP contribution in [-0.4, -0.2) is 26.8 Å². The molecule has 24 heavy (non-hydrogen) atoms. The van der Waals surface area contributed by atoms with Crippen molar-refractivity contribution in [3.63, 3.8) is 0 Å². The monoisotopic (exact) mass is 364 g/mol. The number of carbonyl (C=O) groups excluding carboxylic acids is 1. The molecule has 1 aromatic carbocycles. The van der Waals surface area contributed by atoms with Gasteiger partial charge < -0.3 is 5.11 Å². The Balaban J connectivity index is 2.27. The number of hydrazone groups is 1. The van der Waals surface area contributed by atoms with Gasteiger partial charge in [0.25, 0.3) is 11.5 Å². The fourth-order valence-corrected chi connectivity index (χ4v) is 2.33. The molecule has 0 aliphatic heterocycles. The Morgan fingerprint density at radius 2 is 2.21 bits per heavy atom. The molecule has 0 radical (unpaired) electrons. The Labute approximate surface area is 146 Å². The number of amides is 1. The van der Waals surface area contributed by atoms with Crippen molar-refractivity contribution in [1.82, 2.24) is 15.0 Å². The summed E-state index contributed by atoms with van der Waals surface area (Å²) in [5, 5.41) is 14.1. The van der Waals surface area contributed by atoms with Crippen LogP contribution in [0.3, 0.4) is 0 Å². The lowest BCUT2D eigenvalue weighted by molar-refractivity contribution is 0.0955. The summed E-state index contributed by atoms with van der Waals surface area (Å²) in [6.07, 6.45) is 2.53. The minimum atomic E-state index is -0.631. The Hall–Kier alpha value is -2.71. The van der Waals surface area contributed by atoms with E-state index in [0.717, 1.165) is 6.21 Å². The fourth-order valence-electron chi connectivity index (χ4n) is 1.85. The zero-order valence-corrected chi connectivity index (χ0v) is 13.9. The van der Waals surface area contributed by atoms with Gasteiger partial charge in [-0.15, -0.1) is 6.58 Å². The first-order valence-corrected chi connectivity index (χ1v) is 7.49. The quantitative estimate of drug-likeness (QED) is 0.328. The summed E-state index contributed by atoms with van der Waals surface area (Å²) in [4.78, 5) is 26.2. The van der Waals surface area contributed by atoms with Crippen LogP contribution in [0.5, 0.6) is 5.88 Å². The smallest absolute Gasteiger partial charge is 0.272 e. The molecule has 0 unspecified atom stereocenters. The summed E-state index contributed by atoms with van der Waals surface area (Å²) in [5.74, 6) is -0.925. The van der Waals surface area contributed by atoms with Gasteiger partial charge >= 0.3 is 0 Å². The number of aromatic nitrogens is 2. The van der Waals surface area contributed by atoms with Gasteiger partial charge in [-0.25, -0.2) is 5.43 Å². The predicted molar refractivity (Wildman–Crippen MR) is 94.3 cm³/mol. The van der Waals surface area contributed by atoms with Crippen molar-refractivity contribution in [2.24, 2.45) is 5.10 Å². The summed E-state index contributed by atoms with van der Waals surface area (Å²) < 4.78 is 1.32. The Morgan fingerprint density at radius 3 is 2.88 bits per heavy atom. The second kappa shape index (κ2) is 7.71. The number of aromatic amines is 1. The van der Waals surface area contributed by atoms with E-state index >= 15 is 0 Å². The van der Waals surface area contributed by atoms with Crippen LogP contribution in [0, 0.1) is 4.77 Å². The van der Waals surface area contributed by atoms with E-state index in [-0.39, 0.29) is 33.3 Å². The summed E-state index contributed by atoms with van der Waals surface area (Å²) in [6.45, 7) is 3.75. The highest BCUT2D eigenvalue weighted by Crippen LogP contribution is 2.14. The van der Waals surface area contributed by atoms with Gasteiger partial charge in [0, 0.05) is 6.54 Å². The predicted octanol–water partition coefficient (Wildman–Crippen LogP) is 2.21. The molecule has 0 saturated heterocycles. The average molecular weight is 365 g/mol. The number of H-pyrrole nitrogens is 1. The fraction of sp³-hybridized carbons (Fsp3) is 0.0667. The number of hydrogen-bond acceptors (Lipinski definition) is 5. The molecule has 0 bridgehead atoms. The van der Waals surface area contributed by atoms with Crippen LogP contribution < -0.4 is 11.0 Å². The first-order valence-electron chi connectivity index (χ1n) is 6.70. The zero-order chi connectivity index (χ0) is 17.7. The minimum absolute atomic E-state index is 0.0506. The van der Waals surface area contributed by atoms with Crippen molar-refractivity contribution in [3.05, 3.63) is 68.2 Å². The topological polar surface area (TPSA) is 99.5 Å². The Kier molecular flexibility index (Phi) is 5.67. The SMILES string of the molecule is C=CCn1c(O)c(/C=N/NC(=O)c2ccccc2Cl)c(=O)[nH]c1=S. The van der Waals surface area contributed by atoms with E-state index in [2.05, 4.69) is 22.1 Å². The molecule has 0 aliphatic rings. The van der Waals surface area contributed by atoms with Crippen LogP contribution in [0.4, 0.5) is 0 Å². The summed E-state index contributed by atoms with van der Waals surface area (Å²) in [5.41, 5.74) is 1.69. The third-order valence-electron chi connectivity index (χ3n) is 3.00. The van der Waals surface area contributed by atoms with Gasteiger partial charge in [0.05, 0.1) is 16.8 Å². The largest absolute Gasteiger partial charge is 0.494 e. The number of allylic oxidation sites excluding steroid dienone is 1. The van der Waals surface area contributed by atoms with E-state index in [4.69, 9.17) is 23.8 Å². The highest BCUT2D eigenvalue weighted by Gasteiger charge is 2.11. The highest BCUT2D eigenvalue weighted by atomic mass is 35.5. The van der Waals surface area contributed by atoms with Gasteiger partial charge in [0.15, 0.2) is 4.77 Å². The lowest BCUT2D eigenvalue weighted by atomic mass is 10.2. The number of rotatable bonds is 5. The molecule has 3 N–H and O–H groups in total. The molecule has 0 spiro atoms. The standard InChI is InChI=1S/C15H13ClN4O3S/c1-2-7-20-14(23)10(12(21)18-15(20)24)8-17-19-13(22)9-5-3-4-6-11(9)16/h2-6,8,23H,1,7H2,(H,19,22)(H,18,21,24)/b17-8+. The Morgan fingerprint density at radius 1 is 1.50 bits per heavy atom. The average Bonchev–Trinajstić information content (AvgIpc) is 2.54. The summed E-state index contributed by atoms with van der Waals surface area (Å²) in [7, 11) is 0. The number of nitrogens with one attached hydrogen (secondary N) is 2. The molecule has 124 valence electrons. The normalized spacial score (nSPS) is 10.7. The molecule has 9 heteroatoms. The third kappa shape index (κ3) is 3.79. The lowest BCUT2D eigenvalue weighted by Gasteiger charge is -2.08. The van der Waals surface area contributed by atoms with Crippen LogP contribution in [-0.2, 0) is 6.54 Å². The third-order valence-corrected chi connectivity index (χ3v) is 3.65. The first-order chi connectivity index (χ1) is 11.5. The van der Waals surface area contributed by atoms with E-state index in [1.54, 1.807) is 18.2 Å². The van der Waals surface area contributed by atoms with E-state index < -0.39 is 11.5 Å². The second-order valence-corrected chi connectivity index (χ2v) is 5.37. The number of halogens is 1. The molecule has 1 aromatic heterocycles. The van der Waals surface area contributed by atoms with Crippen molar-refractivity contribution in [1.29, 1.82) is 0 Å². The number of carbonyl (C=O) groups is 1. The molecule has 0 saturated carbocycles. The molecule has 1 amide bonds. The van der Waals surface area contributed by atoms with Crippen molar-refractivity contribution < 1.29 is 9.90 Å². The van der Waals surface area contributed by atoms with Crippen LogP contribution in [0.15, 0.2) is 46.8 Å². The molecule has 0 fully saturated rings. The maximum atomic E-state index is 12.0. The van der Waals surface area contributed by atoms with Gasteiger partial charge in [0.1, 0.15) is 5.56 Å². The van der Waals surface area contributed by atoms with Gasteiger partial charge in [-0.3, -0.25) is 19.1 Å². The number of benzene rings is 1. The minimum Gasteiger partial charge on any atom is -0.494 e. The van der Waals surface area contributed by atoms with Gasteiger partial charge in [-0.05, 0) is 24.4 Å².